The molecule has 3 N–H and O–H groups in total. The summed E-state index contributed by atoms with van der Waals surface area (Å²) < 4.78 is 5.63. The first-order valence-corrected chi connectivity index (χ1v) is 9.53. The van der Waals surface area contributed by atoms with Crippen molar-refractivity contribution in [3.05, 3.63) is 36.0 Å². The maximum Gasteiger partial charge on any atom is 0.330 e. The lowest BCUT2D eigenvalue weighted by atomic mass is 9.54. The van der Waals surface area contributed by atoms with E-state index in [0.717, 1.165) is 11.9 Å². The number of carbonyl (C=O) groups is 2. The summed E-state index contributed by atoms with van der Waals surface area (Å²) in [7, 11) is 0. The van der Waals surface area contributed by atoms with Crippen LogP contribution >= 0.6 is 0 Å². The molecule has 1 aliphatic rings. The molecule has 27 heavy (non-hydrogen) atoms. The third-order valence-electron chi connectivity index (χ3n) is 6.01. The molecule has 0 radical (unpaired) electrons. The molecule has 0 saturated heterocycles. The van der Waals surface area contributed by atoms with E-state index in [4.69, 9.17) is 4.74 Å². The summed E-state index contributed by atoms with van der Waals surface area (Å²) in [6, 6.07) is 8.06. The van der Waals surface area contributed by atoms with Gasteiger partial charge in [-0.3, -0.25) is 4.79 Å². The summed E-state index contributed by atoms with van der Waals surface area (Å²) in [6.45, 7) is 6.11. The maximum absolute atomic E-state index is 12.5. The predicted molar refractivity (Wildman–Crippen MR) is 104 cm³/mol. The molecule has 1 aromatic carbocycles. The van der Waals surface area contributed by atoms with Crippen molar-refractivity contribution in [2.75, 3.05) is 6.61 Å². The Hall–Kier alpha value is -2.34. The molecule has 2 unspecified atom stereocenters. The van der Waals surface area contributed by atoms with Crippen LogP contribution in [0.2, 0.25) is 0 Å². The smallest absolute Gasteiger partial charge is 0.330 e. The summed E-state index contributed by atoms with van der Waals surface area (Å²) in [6.07, 6.45) is 3.84. The van der Waals surface area contributed by atoms with Crippen molar-refractivity contribution < 1.29 is 19.4 Å². The first-order chi connectivity index (χ1) is 12.8. The van der Waals surface area contributed by atoms with Gasteiger partial charge in [0.1, 0.15) is 5.54 Å². The van der Waals surface area contributed by atoms with Gasteiger partial charge in [-0.25, -0.2) is 4.79 Å². The monoisotopic (exact) mass is 372 g/mol. The number of carboxylic acids is 1. The Morgan fingerprint density at radius 2 is 2.07 bits per heavy atom. The summed E-state index contributed by atoms with van der Waals surface area (Å²) >= 11 is 0. The first-order valence-electron chi connectivity index (χ1n) is 9.53. The zero-order chi connectivity index (χ0) is 19.7. The van der Waals surface area contributed by atoms with Gasteiger partial charge < -0.3 is 20.1 Å². The molecule has 6 nitrogen and oxygen atoms in total. The standard InChI is InChI=1S/C21H28N2O4/c1-4-27-17-12-21(19(25)26,20(17,2)3)23-18(24)11-7-8-14-13-22-16-10-6-5-9-15(14)16/h5-6,9-10,13,17,22H,4,7-8,11-12H2,1-3H3,(H,23,24)(H,25,26). The van der Waals surface area contributed by atoms with E-state index in [1.54, 1.807) is 0 Å². The Labute approximate surface area is 159 Å². The number of hydrogen-bond acceptors (Lipinski definition) is 3. The summed E-state index contributed by atoms with van der Waals surface area (Å²) in [5.41, 5.74) is 0.346. The number of H-pyrrole nitrogens is 1. The number of carbonyl (C=O) groups excluding carboxylic acids is 1. The van der Waals surface area contributed by atoms with E-state index in [1.165, 1.54) is 10.9 Å². The Kier molecular flexibility index (Phi) is 5.29. The highest BCUT2D eigenvalue weighted by molar-refractivity contribution is 5.89. The van der Waals surface area contributed by atoms with Crippen LogP contribution in [-0.4, -0.2) is 40.2 Å². The van der Waals surface area contributed by atoms with Crippen LogP contribution in [0.3, 0.4) is 0 Å². The van der Waals surface area contributed by atoms with Crippen LogP contribution in [0.15, 0.2) is 30.5 Å². The van der Waals surface area contributed by atoms with Crippen molar-refractivity contribution in [1.29, 1.82) is 0 Å². The van der Waals surface area contributed by atoms with Crippen molar-refractivity contribution in [3.63, 3.8) is 0 Å². The van der Waals surface area contributed by atoms with Gasteiger partial charge in [-0.1, -0.05) is 32.0 Å². The minimum Gasteiger partial charge on any atom is -0.479 e. The average Bonchev–Trinajstić information content (AvgIpc) is 3.03. The van der Waals surface area contributed by atoms with E-state index >= 15 is 0 Å². The van der Waals surface area contributed by atoms with Crippen LogP contribution in [0.1, 0.15) is 45.6 Å². The number of carboxylic acid groups (broad SMARTS) is 1. The van der Waals surface area contributed by atoms with Crippen molar-refractivity contribution in [3.8, 4) is 0 Å². The summed E-state index contributed by atoms with van der Waals surface area (Å²) in [5, 5.41) is 13.7. The summed E-state index contributed by atoms with van der Waals surface area (Å²) in [4.78, 5) is 27.6. The molecule has 3 rings (SSSR count). The van der Waals surface area contributed by atoms with Gasteiger partial charge in [-0.05, 0) is 31.4 Å². The molecule has 0 bridgehead atoms. The number of hydrogen-bond donors (Lipinski definition) is 3. The van der Waals surface area contributed by atoms with Gasteiger partial charge in [-0.15, -0.1) is 0 Å². The average molecular weight is 372 g/mol. The second-order valence-corrected chi connectivity index (χ2v) is 7.84. The van der Waals surface area contributed by atoms with E-state index in [9.17, 15) is 14.7 Å². The predicted octanol–water partition coefficient (Wildman–Crippen LogP) is 3.27. The molecule has 2 atom stereocenters. The molecule has 2 aromatic rings. The normalized spacial score (nSPS) is 23.7. The lowest BCUT2D eigenvalue weighted by Gasteiger charge is -2.58. The highest BCUT2D eigenvalue weighted by Crippen LogP contribution is 2.51. The Morgan fingerprint density at radius 1 is 1.33 bits per heavy atom. The van der Waals surface area contributed by atoms with Gasteiger partial charge >= 0.3 is 5.97 Å². The van der Waals surface area contributed by atoms with Crippen molar-refractivity contribution in [2.45, 2.75) is 58.1 Å². The minimum atomic E-state index is -1.26. The maximum atomic E-state index is 12.5. The largest absolute Gasteiger partial charge is 0.479 e. The quantitative estimate of drug-likeness (QED) is 0.663. The Bertz CT molecular complexity index is 842. The number of aromatic nitrogens is 1. The number of amides is 1. The highest BCUT2D eigenvalue weighted by atomic mass is 16.5. The second-order valence-electron chi connectivity index (χ2n) is 7.84. The molecule has 1 saturated carbocycles. The van der Waals surface area contributed by atoms with E-state index in [2.05, 4.69) is 16.4 Å². The minimum absolute atomic E-state index is 0.162. The Balaban J connectivity index is 1.59. The lowest BCUT2D eigenvalue weighted by Crippen LogP contribution is -2.76. The van der Waals surface area contributed by atoms with Crippen molar-refractivity contribution >= 4 is 22.8 Å². The Morgan fingerprint density at radius 3 is 2.74 bits per heavy atom. The molecule has 1 aliphatic carbocycles. The van der Waals surface area contributed by atoms with Gasteiger partial charge in [0, 0.05) is 42.0 Å². The zero-order valence-corrected chi connectivity index (χ0v) is 16.2. The highest BCUT2D eigenvalue weighted by Gasteiger charge is 2.66. The third-order valence-corrected chi connectivity index (χ3v) is 6.01. The number of nitrogens with one attached hydrogen (secondary N) is 2. The molecule has 0 aliphatic heterocycles. The third kappa shape index (κ3) is 3.34. The molecule has 146 valence electrons. The lowest BCUT2D eigenvalue weighted by molar-refractivity contribution is -0.194. The number of aromatic amines is 1. The molecule has 0 spiro atoms. The number of ether oxygens (including phenoxy) is 1. The van der Waals surface area contributed by atoms with Crippen molar-refractivity contribution in [1.82, 2.24) is 10.3 Å². The molecule has 1 fully saturated rings. The molecule has 1 aromatic heterocycles. The number of para-hydroxylation sites is 1. The number of aliphatic carboxylic acids is 1. The van der Waals surface area contributed by atoms with E-state index in [1.807, 2.05) is 45.2 Å². The molecular weight excluding hydrogens is 344 g/mol. The number of fused-ring (bicyclic) bond motifs is 1. The van der Waals surface area contributed by atoms with Crippen LogP contribution in [-0.2, 0) is 20.7 Å². The van der Waals surface area contributed by atoms with Crippen LogP contribution in [0, 0.1) is 5.41 Å². The fourth-order valence-corrected chi connectivity index (χ4v) is 4.12. The topological polar surface area (TPSA) is 91.4 Å². The first kappa shape index (κ1) is 19.4. The van der Waals surface area contributed by atoms with E-state index < -0.39 is 16.9 Å². The fourth-order valence-electron chi connectivity index (χ4n) is 4.12. The molecular formula is C21H28N2O4. The SMILES string of the molecule is CCOC1CC(NC(=O)CCCc2c[nH]c3ccccc23)(C(=O)O)C1(C)C. The van der Waals surface area contributed by atoms with E-state index in [0.29, 0.717) is 25.9 Å². The van der Waals surface area contributed by atoms with Crippen LogP contribution < -0.4 is 5.32 Å². The molecule has 1 heterocycles. The van der Waals surface area contributed by atoms with Crippen LogP contribution in [0.4, 0.5) is 0 Å². The zero-order valence-electron chi connectivity index (χ0n) is 16.2. The van der Waals surface area contributed by atoms with Crippen LogP contribution in [0.5, 0.6) is 0 Å². The van der Waals surface area contributed by atoms with Gasteiger partial charge in [0.2, 0.25) is 5.91 Å². The number of aryl methyl sites for hydroxylation is 1. The number of benzene rings is 1. The van der Waals surface area contributed by atoms with E-state index in [-0.39, 0.29) is 12.0 Å². The van der Waals surface area contributed by atoms with Gasteiger partial charge in [-0.2, -0.15) is 0 Å². The number of rotatable bonds is 8. The van der Waals surface area contributed by atoms with Crippen LogP contribution in [0.25, 0.3) is 10.9 Å². The molecule has 1 amide bonds. The summed E-state index contributed by atoms with van der Waals surface area (Å²) in [5.74, 6) is -1.21. The second kappa shape index (κ2) is 7.35. The van der Waals surface area contributed by atoms with Gasteiger partial charge in [0.05, 0.1) is 6.10 Å². The fraction of sp³-hybridized carbons (Fsp3) is 0.524. The van der Waals surface area contributed by atoms with Gasteiger partial charge in [0.25, 0.3) is 0 Å². The van der Waals surface area contributed by atoms with Gasteiger partial charge in [0.15, 0.2) is 0 Å². The van der Waals surface area contributed by atoms with Crippen molar-refractivity contribution in [2.24, 2.45) is 5.41 Å². The molecule has 6 heteroatoms.